The molecule has 0 bridgehead atoms. The van der Waals surface area contributed by atoms with Gasteiger partial charge in [-0.3, -0.25) is 9.48 Å². The molecule has 0 unspecified atom stereocenters. The second-order valence-electron chi connectivity index (χ2n) is 4.60. The number of benzene rings is 1. The number of aromatic nitrogens is 2. The second-order valence-corrected chi connectivity index (χ2v) is 4.60. The first kappa shape index (κ1) is 10.3. The van der Waals surface area contributed by atoms with E-state index in [0.717, 1.165) is 29.4 Å². The number of hydrogen-bond donors (Lipinski definition) is 1. The van der Waals surface area contributed by atoms with Crippen LogP contribution in [0.1, 0.15) is 18.5 Å². The van der Waals surface area contributed by atoms with E-state index >= 15 is 0 Å². The molecule has 3 rings (SSSR count). The van der Waals surface area contributed by atoms with E-state index in [4.69, 9.17) is 0 Å². The van der Waals surface area contributed by atoms with Crippen LogP contribution in [0.15, 0.2) is 24.3 Å². The number of carbonyl (C=O) groups excluding carboxylic acids is 1. The van der Waals surface area contributed by atoms with Gasteiger partial charge in [0.2, 0.25) is 5.91 Å². The van der Waals surface area contributed by atoms with Gasteiger partial charge in [-0.2, -0.15) is 5.10 Å². The van der Waals surface area contributed by atoms with Gasteiger partial charge in [-0.15, -0.1) is 0 Å². The van der Waals surface area contributed by atoms with Crippen LogP contribution in [0.25, 0.3) is 10.9 Å². The van der Waals surface area contributed by atoms with E-state index in [1.807, 2.05) is 31.2 Å². The fourth-order valence-corrected chi connectivity index (χ4v) is 2.05. The lowest BCUT2D eigenvalue weighted by Gasteiger charge is -2.04. The SMILES string of the molecule is Cc1nn(CC(=O)NC2CC2)c2ccccc12. The van der Waals surface area contributed by atoms with Gasteiger partial charge in [0.1, 0.15) is 6.54 Å². The Hall–Kier alpha value is -1.84. The summed E-state index contributed by atoms with van der Waals surface area (Å²) in [4.78, 5) is 11.7. The molecule has 1 saturated carbocycles. The third-order valence-corrected chi connectivity index (χ3v) is 3.08. The van der Waals surface area contributed by atoms with E-state index in [9.17, 15) is 4.79 Å². The number of rotatable bonds is 3. The van der Waals surface area contributed by atoms with Gasteiger partial charge in [0.25, 0.3) is 0 Å². The zero-order valence-corrected chi connectivity index (χ0v) is 9.81. The van der Waals surface area contributed by atoms with Crippen molar-refractivity contribution in [3.8, 4) is 0 Å². The molecule has 1 fully saturated rings. The van der Waals surface area contributed by atoms with Crippen LogP contribution < -0.4 is 5.32 Å². The molecule has 0 aliphatic heterocycles. The first-order chi connectivity index (χ1) is 8.24. The van der Waals surface area contributed by atoms with Gasteiger partial charge in [-0.1, -0.05) is 18.2 Å². The maximum Gasteiger partial charge on any atom is 0.241 e. The molecule has 0 saturated heterocycles. The first-order valence-corrected chi connectivity index (χ1v) is 5.95. The Morgan fingerprint density at radius 3 is 3.00 bits per heavy atom. The van der Waals surface area contributed by atoms with Gasteiger partial charge in [-0.05, 0) is 25.8 Å². The highest BCUT2D eigenvalue weighted by molar-refractivity contribution is 5.84. The normalized spacial score (nSPS) is 15.1. The minimum atomic E-state index is 0.0563. The van der Waals surface area contributed by atoms with Crippen molar-refractivity contribution in [3.05, 3.63) is 30.0 Å². The predicted octanol–water partition coefficient (Wildman–Crippen LogP) is 1.62. The van der Waals surface area contributed by atoms with Crippen molar-refractivity contribution < 1.29 is 4.79 Å². The summed E-state index contributed by atoms with van der Waals surface area (Å²) >= 11 is 0. The molecule has 17 heavy (non-hydrogen) atoms. The van der Waals surface area contributed by atoms with Crippen molar-refractivity contribution in [2.45, 2.75) is 32.4 Å². The largest absolute Gasteiger partial charge is 0.352 e. The molecule has 1 heterocycles. The first-order valence-electron chi connectivity index (χ1n) is 5.95. The summed E-state index contributed by atoms with van der Waals surface area (Å²) in [6, 6.07) is 8.40. The van der Waals surface area contributed by atoms with E-state index in [1.54, 1.807) is 4.68 Å². The van der Waals surface area contributed by atoms with Crippen molar-refractivity contribution in [2.24, 2.45) is 0 Å². The van der Waals surface area contributed by atoms with Gasteiger partial charge in [0.05, 0.1) is 11.2 Å². The number of hydrogen-bond acceptors (Lipinski definition) is 2. The number of nitrogens with zero attached hydrogens (tertiary/aromatic N) is 2. The molecule has 4 heteroatoms. The highest BCUT2D eigenvalue weighted by Crippen LogP contribution is 2.19. The Labute approximate surface area is 99.6 Å². The van der Waals surface area contributed by atoms with Crippen molar-refractivity contribution >= 4 is 16.8 Å². The molecule has 1 aliphatic carbocycles. The molecular formula is C13H15N3O. The van der Waals surface area contributed by atoms with Gasteiger partial charge in [-0.25, -0.2) is 0 Å². The summed E-state index contributed by atoms with van der Waals surface area (Å²) in [6.45, 7) is 2.28. The van der Waals surface area contributed by atoms with E-state index in [0.29, 0.717) is 12.6 Å². The van der Waals surface area contributed by atoms with Gasteiger partial charge in [0.15, 0.2) is 0 Å². The molecular weight excluding hydrogens is 214 g/mol. The van der Waals surface area contributed by atoms with Gasteiger partial charge in [0, 0.05) is 11.4 Å². The molecule has 1 N–H and O–H groups in total. The zero-order chi connectivity index (χ0) is 11.8. The smallest absolute Gasteiger partial charge is 0.241 e. The van der Waals surface area contributed by atoms with Crippen LogP contribution >= 0.6 is 0 Å². The minimum Gasteiger partial charge on any atom is -0.352 e. The number of aryl methyl sites for hydroxylation is 1. The average Bonchev–Trinajstić information content (AvgIpc) is 3.06. The van der Waals surface area contributed by atoms with Crippen molar-refractivity contribution in [3.63, 3.8) is 0 Å². The maximum atomic E-state index is 11.7. The highest BCUT2D eigenvalue weighted by atomic mass is 16.2. The lowest BCUT2D eigenvalue weighted by molar-refractivity contribution is -0.121. The standard InChI is InChI=1S/C13H15N3O/c1-9-11-4-2-3-5-12(11)16(15-9)8-13(17)14-10-6-7-10/h2-5,10H,6-8H2,1H3,(H,14,17). The summed E-state index contributed by atoms with van der Waals surface area (Å²) in [5, 5.41) is 8.51. The van der Waals surface area contributed by atoms with Gasteiger partial charge < -0.3 is 5.32 Å². The summed E-state index contributed by atoms with van der Waals surface area (Å²) in [7, 11) is 0. The third-order valence-electron chi connectivity index (χ3n) is 3.08. The Morgan fingerprint density at radius 1 is 1.47 bits per heavy atom. The number of amides is 1. The fourth-order valence-electron chi connectivity index (χ4n) is 2.05. The summed E-state index contributed by atoms with van der Waals surface area (Å²) < 4.78 is 1.78. The number of fused-ring (bicyclic) bond motifs is 1. The van der Waals surface area contributed by atoms with Crippen LogP contribution in [-0.2, 0) is 11.3 Å². The maximum absolute atomic E-state index is 11.7. The predicted molar refractivity (Wildman–Crippen MR) is 65.6 cm³/mol. The molecule has 1 aromatic carbocycles. The summed E-state index contributed by atoms with van der Waals surface area (Å²) in [5.74, 6) is 0.0563. The quantitative estimate of drug-likeness (QED) is 0.869. The fraction of sp³-hybridized carbons (Fsp3) is 0.385. The molecule has 88 valence electrons. The number of para-hydroxylation sites is 1. The third kappa shape index (κ3) is 2.02. The number of nitrogens with one attached hydrogen (secondary N) is 1. The molecule has 2 aromatic rings. The Morgan fingerprint density at radius 2 is 2.24 bits per heavy atom. The second kappa shape index (κ2) is 3.87. The van der Waals surface area contributed by atoms with E-state index in [1.165, 1.54) is 0 Å². The highest BCUT2D eigenvalue weighted by Gasteiger charge is 2.23. The van der Waals surface area contributed by atoms with Gasteiger partial charge >= 0.3 is 0 Å². The topological polar surface area (TPSA) is 46.9 Å². The summed E-state index contributed by atoms with van der Waals surface area (Å²) in [6.07, 6.45) is 2.23. The lowest BCUT2D eigenvalue weighted by Crippen LogP contribution is -2.29. The van der Waals surface area contributed by atoms with Crippen molar-refractivity contribution in [2.75, 3.05) is 0 Å². The molecule has 1 amide bonds. The van der Waals surface area contributed by atoms with Crippen LogP contribution in [-0.4, -0.2) is 21.7 Å². The van der Waals surface area contributed by atoms with E-state index < -0.39 is 0 Å². The van der Waals surface area contributed by atoms with E-state index in [2.05, 4.69) is 10.4 Å². The lowest BCUT2D eigenvalue weighted by atomic mass is 10.2. The molecule has 1 aromatic heterocycles. The van der Waals surface area contributed by atoms with Crippen LogP contribution in [0.3, 0.4) is 0 Å². The number of carbonyl (C=O) groups is 1. The molecule has 0 atom stereocenters. The average molecular weight is 229 g/mol. The molecule has 0 spiro atoms. The molecule has 1 aliphatic rings. The van der Waals surface area contributed by atoms with Crippen molar-refractivity contribution in [1.82, 2.24) is 15.1 Å². The molecule has 4 nitrogen and oxygen atoms in total. The summed E-state index contributed by atoms with van der Waals surface area (Å²) in [5.41, 5.74) is 2.00. The Balaban J connectivity index is 1.86. The van der Waals surface area contributed by atoms with Crippen molar-refractivity contribution in [1.29, 1.82) is 0 Å². The van der Waals surface area contributed by atoms with Crippen LogP contribution in [0, 0.1) is 6.92 Å². The Bertz CT molecular complexity index is 569. The monoisotopic (exact) mass is 229 g/mol. The van der Waals surface area contributed by atoms with Crippen LogP contribution in [0.4, 0.5) is 0 Å². The zero-order valence-electron chi connectivity index (χ0n) is 9.81. The minimum absolute atomic E-state index is 0.0563. The Kier molecular flexibility index (Phi) is 2.35. The molecule has 0 radical (unpaired) electrons. The van der Waals surface area contributed by atoms with Crippen LogP contribution in [0.5, 0.6) is 0 Å². The van der Waals surface area contributed by atoms with E-state index in [-0.39, 0.29) is 5.91 Å². The van der Waals surface area contributed by atoms with Crippen LogP contribution in [0.2, 0.25) is 0 Å².